The Bertz CT molecular complexity index is 317. The van der Waals surface area contributed by atoms with Crippen molar-refractivity contribution in [1.29, 1.82) is 0 Å². The molecule has 0 saturated carbocycles. The predicted octanol–water partition coefficient (Wildman–Crippen LogP) is -0.0900. The second-order valence-electron chi connectivity index (χ2n) is 4.22. The van der Waals surface area contributed by atoms with Gasteiger partial charge in [0.2, 0.25) is 0 Å². The van der Waals surface area contributed by atoms with Gasteiger partial charge in [-0.2, -0.15) is 0 Å². The van der Waals surface area contributed by atoms with Crippen LogP contribution in [0, 0.1) is 0 Å². The van der Waals surface area contributed by atoms with Gasteiger partial charge in [0, 0.05) is 28.1 Å². The van der Waals surface area contributed by atoms with E-state index < -0.39 is 36.4 Å². The van der Waals surface area contributed by atoms with Crippen molar-refractivity contribution in [2.45, 2.75) is 38.3 Å². The van der Waals surface area contributed by atoms with Crippen LogP contribution in [0.4, 0.5) is 0 Å². The lowest BCUT2D eigenvalue weighted by Gasteiger charge is -2.40. The zero-order valence-electron chi connectivity index (χ0n) is 11.6. The molecular weight excluding hydrogens is 256 g/mol. The van der Waals surface area contributed by atoms with Crippen molar-refractivity contribution >= 4 is 11.9 Å². The minimum atomic E-state index is -0.541. The minimum absolute atomic E-state index is 0.0699. The van der Waals surface area contributed by atoms with Crippen LogP contribution in [0.5, 0.6) is 0 Å². The summed E-state index contributed by atoms with van der Waals surface area (Å²) in [4.78, 5) is 21.8. The van der Waals surface area contributed by atoms with Gasteiger partial charge < -0.3 is 23.7 Å². The van der Waals surface area contributed by atoms with Gasteiger partial charge in [0.25, 0.3) is 0 Å². The Balaban J connectivity index is 2.69. The van der Waals surface area contributed by atoms with E-state index in [0.717, 1.165) is 0 Å². The minimum Gasteiger partial charge on any atom is -0.463 e. The molecule has 0 aromatic rings. The maximum absolute atomic E-state index is 11.0. The number of hydrogen-bond acceptors (Lipinski definition) is 7. The number of hydrogen-bond donors (Lipinski definition) is 0. The molecule has 0 radical (unpaired) electrons. The molecule has 1 fully saturated rings. The fourth-order valence-electron chi connectivity index (χ4n) is 2.06. The number of carbonyl (C=O) groups excluding carboxylic acids is 2. The third-order valence-electron chi connectivity index (χ3n) is 2.84. The zero-order valence-corrected chi connectivity index (χ0v) is 11.6. The Labute approximate surface area is 112 Å². The normalized spacial score (nSPS) is 30.7. The molecule has 1 aliphatic heterocycles. The van der Waals surface area contributed by atoms with E-state index in [1.54, 1.807) is 0 Å². The quantitative estimate of drug-likeness (QED) is 0.649. The van der Waals surface area contributed by atoms with Crippen LogP contribution in [0.3, 0.4) is 0 Å². The van der Waals surface area contributed by atoms with Crippen molar-refractivity contribution in [1.82, 2.24) is 0 Å². The summed E-state index contributed by atoms with van der Waals surface area (Å²) in [6.45, 7) is 2.88. The van der Waals surface area contributed by atoms with E-state index in [9.17, 15) is 9.59 Å². The fourth-order valence-corrected chi connectivity index (χ4v) is 2.06. The summed E-state index contributed by atoms with van der Waals surface area (Å²) in [6, 6.07) is 0. The number of methoxy groups -OCH3 is 2. The second-order valence-corrected chi connectivity index (χ2v) is 4.22. The monoisotopic (exact) mass is 276 g/mol. The highest BCUT2D eigenvalue weighted by molar-refractivity contribution is 5.66. The van der Waals surface area contributed by atoms with Crippen LogP contribution < -0.4 is 0 Å². The largest absolute Gasteiger partial charge is 0.463 e. The fraction of sp³-hybridized carbons (Fsp3) is 0.833. The summed E-state index contributed by atoms with van der Waals surface area (Å²) in [5, 5.41) is 0. The lowest BCUT2D eigenvalue weighted by atomic mass is 10.00. The molecule has 0 aromatic heterocycles. The molecule has 19 heavy (non-hydrogen) atoms. The molecule has 1 heterocycles. The van der Waals surface area contributed by atoms with Crippen LogP contribution >= 0.6 is 0 Å². The van der Waals surface area contributed by atoms with E-state index in [0.29, 0.717) is 0 Å². The first kappa shape index (κ1) is 15.9. The summed E-state index contributed by atoms with van der Waals surface area (Å²) in [5.74, 6) is -0.807. The van der Waals surface area contributed by atoms with Gasteiger partial charge >= 0.3 is 11.9 Å². The molecule has 0 aliphatic carbocycles. The molecule has 7 heteroatoms. The van der Waals surface area contributed by atoms with E-state index in [4.69, 9.17) is 23.7 Å². The SMILES string of the molecule is CO[C@@H]1[C@@H](OC)[C@@H](OC(C)=O)CO[C@H]1COC(C)=O. The van der Waals surface area contributed by atoms with Crippen molar-refractivity contribution in [3.8, 4) is 0 Å². The smallest absolute Gasteiger partial charge is 0.303 e. The molecular formula is C12H20O7. The average Bonchev–Trinajstić information content (AvgIpc) is 2.35. The highest BCUT2D eigenvalue weighted by Crippen LogP contribution is 2.23. The van der Waals surface area contributed by atoms with Crippen LogP contribution in [0.25, 0.3) is 0 Å². The molecule has 1 rings (SSSR count). The molecule has 110 valence electrons. The van der Waals surface area contributed by atoms with E-state index in [2.05, 4.69) is 0 Å². The van der Waals surface area contributed by atoms with Gasteiger partial charge in [-0.05, 0) is 0 Å². The van der Waals surface area contributed by atoms with Gasteiger partial charge in [-0.1, -0.05) is 0 Å². The van der Waals surface area contributed by atoms with Crippen LogP contribution in [0.15, 0.2) is 0 Å². The number of ether oxygens (including phenoxy) is 5. The first-order valence-electron chi connectivity index (χ1n) is 5.97. The summed E-state index contributed by atoms with van der Waals surface area (Å²) < 4.78 is 26.2. The van der Waals surface area contributed by atoms with E-state index in [-0.39, 0.29) is 13.2 Å². The molecule has 0 spiro atoms. The Hall–Kier alpha value is -1.18. The first-order valence-corrected chi connectivity index (χ1v) is 5.97. The van der Waals surface area contributed by atoms with Crippen molar-refractivity contribution < 1.29 is 33.3 Å². The first-order chi connectivity index (χ1) is 8.99. The van der Waals surface area contributed by atoms with Crippen LogP contribution in [0.1, 0.15) is 13.8 Å². The Kier molecular flexibility index (Phi) is 6.20. The predicted molar refractivity (Wildman–Crippen MR) is 63.5 cm³/mol. The Morgan fingerprint density at radius 2 is 1.74 bits per heavy atom. The lowest BCUT2D eigenvalue weighted by molar-refractivity contribution is -0.224. The van der Waals surface area contributed by atoms with Crippen LogP contribution in [0.2, 0.25) is 0 Å². The number of rotatable bonds is 5. The highest BCUT2D eigenvalue weighted by Gasteiger charge is 2.43. The molecule has 0 bridgehead atoms. The molecule has 7 nitrogen and oxygen atoms in total. The third kappa shape index (κ3) is 4.45. The summed E-state index contributed by atoms with van der Waals surface area (Å²) in [6.07, 6.45) is -1.95. The van der Waals surface area contributed by atoms with Crippen LogP contribution in [-0.4, -0.2) is 63.8 Å². The molecule has 0 aromatic carbocycles. The summed E-state index contributed by atoms with van der Waals surface area (Å²) in [7, 11) is 3.00. The molecule has 1 aliphatic rings. The maximum Gasteiger partial charge on any atom is 0.303 e. The number of esters is 2. The van der Waals surface area contributed by atoms with Gasteiger partial charge in [-0.25, -0.2) is 0 Å². The lowest BCUT2D eigenvalue weighted by Crippen LogP contribution is -2.57. The summed E-state index contributed by atoms with van der Waals surface area (Å²) >= 11 is 0. The van der Waals surface area contributed by atoms with E-state index >= 15 is 0 Å². The molecule has 0 amide bonds. The van der Waals surface area contributed by atoms with Gasteiger partial charge in [0.15, 0.2) is 6.10 Å². The zero-order chi connectivity index (χ0) is 14.4. The Morgan fingerprint density at radius 3 is 2.21 bits per heavy atom. The molecule has 1 saturated heterocycles. The standard InChI is InChI=1S/C12H20O7/c1-7(13)17-5-9-11(15-3)12(16-4)10(6-18-9)19-8(2)14/h9-12H,5-6H2,1-4H3/t9-,10-,11-,12-/m0/s1. The average molecular weight is 276 g/mol. The van der Waals surface area contributed by atoms with Crippen molar-refractivity contribution in [2.75, 3.05) is 27.4 Å². The van der Waals surface area contributed by atoms with Gasteiger partial charge in [0.05, 0.1) is 6.61 Å². The van der Waals surface area contributed by atoms with E-state index in [1.807, 2.05) is 0 Å². The van der Waals surface area contributed by atoms with Crippen molar-refractivity contribution in [3.63, 3.8) is 0 Å². The Morgan fingerprint density at radius 1 is 1.11 bits per heavy atom. The van der Waals surface area contributed by atoms with E-state index in [1.165, 1.54) is 28.1 Å². The topological polar surface area (TPSA) is 80.3 Å². The third-order valence-corrected chi connectivity index (χ3v) is 2.84. The van der Waals surface area contributed by atoms with Crippen molar-refractivity contribution in [2.24, 2.45) is 0 Å². The summed E-state index contributed by atoms with van der Waals surface area (Å²) in [5.41, 5.74) is 0. The van der Waals surface area contributed by atoms with Crippen molar-refractivity contribution in [3.05, 3.63) is 0 Å². The highest BCUT2D eigenvalue weighted by atomic mass is 16.6. The second kappa shape index (κ2) is 7.42. The molecule has 0 N–H and O–H groups in total. The van der Waals surface area contributed by atoms with Crippen LogP contribution in [-0.2, 0) is 33.3 Å². The van der Waals surface area contributed by atoms with Gasteiger partial charge in [0.1, 0.15) is 24.9 Å². The van der Waals surface area contributed by atoms with Gasteiger partial charge in [-0.3, -0.25) is 9.59 Å². The molecule has 4 atom stereocenters. The maximum atomic E-state index is 11.0. The van der Waals surface area contributed by atoms with Gasteiger partial charge in [-0.15, -0.1) is 0 Å². The molecule has 0 unspecified atom stereocenters. The number of carbonyl (C=O) groups is 2.